The molecule has 0 aliphatic carbocycles. The number of rotatable bonds is 1. The monoisotopic (exact) mass is 125 g/mol. The van der Waals surface area contributed by atoms with Gasteiger partial charge in [-0.05, 0) is 0 Å². The summed E-state index contributed by atoms with van der Waals surface area (Å²) >= 11 is 0. The second kappa shape index (κ2) is 2.29. The van der Waals surface area contributed by atoms with Crippen molar-refractivity contribution in [3.05, 3.63) is 0 Å². The highest BCUT2D eigenvalue weighted by Crippen LogP contribution is 1.99. The Hall–Kier alpha value is -0.660. The Morgan fingerprint density at radius 3 is 2.56 bits per heavy atom. The van der Waals surface area contributed by atoms with Gasteiger partial charge in [0.25, 0.3) is 6.34 Å². The Balaban J connectivity index is 2.73. The molecule has 0 aromatic rings. The molecule has 0 atom stereocenters. The van der Waals surface area contributed by atoms with Crippen molar-refractivity contribution >= 4 is 12.1 Å². The van der Waals surface area contributed by atoms with Gasteiger partial charge < -0.3 is 0 Å². The third-order valence-corrected chi connectivity index (χ3v) is 1.63. The quantitative estimate of drug-likeness (QED) is 0.460. The highest BCUT2D eigenvalue weighted by molar-refractivity contribution is 5.89. The van der Waals surface area contributed by atoms with Crippen LogP contribution in [-0.4, -0.2) is 30.2 Å². The number of hydrogen-bond donors (Lipinski definition) is 0. The van der Waals surface area contributed by atoms with Gasteiger partial charge in [-0.2, -0.15) is 0 Å². The Kier molecular flexibility index (Phi) is 1.65. The summed E-state index contributed by atoms with van der Waals surface area (Å²) < 4.78 is 2.10. The van der Waals surface area contributed by atoms with Crippen LogP contribution in [0.3, 0.4) is 0 Å². The van der Waals surface area contributed by atoms with E-state index in [9.17, 15) is 0 Å². The summed E-state index contributed by atoms with van der Waals surface area (Å²) in [6.07, 6.45) is 1.88. The minimum Gasteiger partial charge on any atom is -0.237 e. The normalized spacial score (nSPS) is 18.2. The van der Waals surface area contributed by atoms with Gasteiger partial charge in [0.05, 0.1) is 7.05 Å². The SMILES string of the molecule is CC(C)C1=[N+](C)C=NC1. The van der Waals surface area contributed by atoms with Crippen LogP contribution < -0.4 is 0 Å². The Morgan fingerprint density at radius 2 is 2.33 bits per heavy atom. The van der Waals surface area contributed by atoms with E-state index in [2.05, 4.69) is 23.4 Å². The second-order valence-corrected chi connectivity index (χ2v) is 2.71. The molecule has 0 amide bonds. The maximum absolute atomic E-state index is 4.13. The van der Waals surface area contributed by atoms with E-state index in [4.69, 9.17) is 0 Å². The minimum absolute atomic E-state index is 0.637. The molecule has 50 valence electrons. The summed E-state index contributed by atoms with van der Waals surface area (Å²) in [4.78, 5) is 4.13. The lowest BCUT2D eigenvalue weighted by Gasteiger charge is -1.99. The third kappa shape index (κ3) is 1.18. The van der Waals surface area contributed by atoms with E-state index in [1.54, 1.807) is 0 Å². The summed E-state index contributed by atoms with van der Waals surface area (Å²) in [5.41, 5.74) is 1.41. The molecule has 1 aliphatic rings. The fourth-order valence-corrected chi connectivity index (χ4v) is 1.03. The lowest BCUT2D eigenvalue weighted by molar-refractivity contribution is -0.359. The molecule has 1 heterocycles. The van der Waals surface area contributed by atoms with Gasteiger partial charge in [-0.3, -0.25) is 0 Å². The molecule has 1 rings (SSSR count). The molecule has 0 saturated carbocycles. The zero-order valence-corrected chi connectivity index (χ0v) is 6.26. The van der Waals surface area contributed by atoms with Crippen molar-refractivity contribution in [2.24, 2.45) is 10.9 Å². The Morgan fingerprint density at radius 1 is 1.67 bits per heavy atom. The topological polar surface area (TPSA) is 15.4 Å². The molecule has 0 fully saturated rings. The van der Waals surface area contributed by atoms with Crippen molar-refractivity contribution in [1.82, 2.24) is 0 Å². The van der Waals surface area contributed by atoms with Crippen molar-refractivity contribution in [3.8, 4) is 0 Å². The summed E-state index contributed by atoms with van der Waals surface area (Å²) in [5.74, 6) is 0.637. The van der Waals surface area contributed by atoms with Crippen molar-refractivity contribution < 1.29 is 4.58 Å². The van der Waals surface area contributed by atoms with Gasteiger partial charge in [-0.15, -0.1) is 0 Å². The number of aliphatic imine (C=N–C) groups is 1. The van der Waals surface area contributed by atoms with Gasteiger partial charge in [-0.25, -0.2) is 4.58 Å². The first-order valence-electron chi connectivity index (χ1n) is 3.30. The van der Waals surface area contributed by atoms with Crippen LogP contribution in [0.15, 0.2) is 4.99 Å². The van der Waals surface area contributed by atoms with Gasteiger partial charge in [0.1, 0.15) is 5.71 Å². The van der Waals surface area contributed by atoms with Gasteiger partial charge in [0, 0.05) is 5.92 Å². The summed E-state index contributed by atoms with van der Waals surface area (Å²) in [6.45, 7) is 5.29. The fraction of sp³-hybridized carbons (Fsp3) is 0.714. The summed E-state index contributed by atoms with van der Waals surface area (Å²) in [7, 11) is 2.05. The molecular formula is C7H13N2+. The molecular weight excluding hydrogens is 112 g/mol. The lowest BCUT2D eigenvalue weighted by atomic mass is 10.1. The first-order valence-corrected chi connectivity index (χ1v) is 3.30. The maximum atomic E-state index is 4.13. The van der Waals surface area contributed by atoms with E-state index in [0.717, 1.165) is 6.54 Å². The number of nitrogens with zero attached hydrogens (tertiary/aromatic N) is 2. The van der Waals surface area contributed by atoms with Crippen LogP contribution in [0.1, 0.15) is 13.8 Å². The van der Waals surface area contributed by atoms with Crippen LogP contribution >= 0.6 is 0 Å². The Bertz CT molecular complexity index is 166. The summed E-state index contributed by atoms with van der Waals surface area (Å²) in [5, 5.41) is 0. The highest BCUT2D eigenvalue weighted by Gasteiger charge is 2.16. The maximum Gasteiger partial charge on any atom is 0.280 e. The largest absolute Gasteiger partial charge is 0.280 e. The molecule has 0 N–H and O–H groups in total. The zero-order valence-electron chi connectivity index (χ0n) is 6.26. The zero-order chi connectivity index (χ0) is 6.85. The van der Waals surface area contributed by atoms with E-state index in [0.29, 0.717) is 5.92 Å². The van der Waals surface area contributed by atoms with Crippen molar-refractivity contribution in [2.75, 3.05) is 13.6 Å². The van der Waals surface area contributed by atoms with E-state index in [1.165, 1.54) is 5.71 Å². The highest BCUT2D eigenvalue weighted by atomic mass is 15.1. The van der Waals surface area contributed by atoms with E-state index in [-0.39, 0.29) is 0 Å². The molecule has 0 aromatic carbocycles. The van der Waals surface area contributed by atoms with Crippen LogP contribution in [0.2, 0.25) is 0 Å². The van der Waals surface area contributed by atoms with Crippen molar-refractivity contribution in [1.29, 1.82) is 0 Å². The van der Waals surface area contributed by atoms with E-state index < -0.39 is 0 Å². The standard InChI is InChI=1S/C7H13N2/c1-6(2)7-4-8-5-9(7)3/h5-6H,4H2,1-3H3/q+1. The molecule has 0 aromatic heterocycles. The first-order chi connectivity index (χ1) is 4.22. The van der Waals surface area contributed by atoms with Gasteiger partial charge in [0.2, 0.25) is 0 Å². The molecule has 1 aliphatic heterocycles. The average Bonchev–Trinajstić information content (AvgIpc) is 2.13. The van der Waals surface area contributed by atoms with Crippen LogP contribution in [-0.2, 0) is 0 Å². The molecule has 0 unspecified atom stereocenters. The Labute approximate surface area is 55.9 Å². The van der Waals surface area contributed by atoms with Crippen molar-refractivity contribution in [2.45, 2.75) is 13.8 Å². The number of hydrogen-bond acceptors (Lipinski definition) is 1. The van der Waals surface area contributed by atoms with Crippen LogP contribution in [0.5, 0.6) is 0 Å². The molecule has 2 heteroatoms. The van der Waals surface area contributed by atoms with Gasteiger partial charge >= 0.3 is 0 Å². The van der Waals surface area contributed by atoms with Crippen LogP contribution in [0.25, 0.3) is 0 Å². The van der Waals surface area contributed by atoms with Crippen LogP contribution in [0, 0.1) is 5.92 Å². The predicted molar refractivity (Wildman–Crippen MR) is 39.4 cm³/mol. The lowest BCUT2D eigenvalue weighted by Crippen LogP contribution is -2.18. The van der Waals surface area contributed by atoms with Gasteiger partial charge in [-0.1, -0.05) is 18.8 Å². The first kappa shape index (κ1) is 6.46. The van der Waals surface area contributed by atoms with Crippen molar-refractivity contribution in [3.63, 3.8) is 0 Å². The average molecular weight is 125 g/mol. The summed E-state index contributed by atoms with van der Waals surface area (Å²) in [6, 6.07) is 0. The fourth-order valence-electron chi connectivity index (χ4n) is 1.03. The minimum atomic E-state index is 0.637. The third-order valence-electron chi connectivity index (χ3n) is 1.63. The molecule has 0 radical (unpaired) electrons. The second-order valence-electron chi connectivity index (χ2n) is 2.71. The molecule has 0 spiro atoms. The van der Waals surface area contributed by atoms with E-state index in [1.807, 2.05) is 13.4 Å². The van der Waals surface area contributed by atoms with Crippen LogP contribution in [0.4, 0.5) is 0 Å². The molecule has 0 bridgehead atoms. The van der Waals surface area contributed by atoms with Gasteiger partial charge in [0.15, 0.2) is 6.54 Å². The molecule has 2 nitrogen and oxygen atoms in total. The molecule has 9 heavy (non-hydrogen) atoms. The smallest absolute Gasteiger partial charge is 0.237 e. The van der Waals surface area contributed by atoms with E-state index >= 15 is 0 Å². The molecule has 0 saturated heterocycles. The predicted octanol–water partition coefficient (Wildman–Crippen LogP) is 0.768.